The van der Waals surface area contributed by atoms with E-state index in [1.165, 1.54) is 64.3 Å². The molecular formula is C16H32N2. The van der Waals surface area contributed by atoms with Crippen LogP contribution in [0.2, 0.25) is 0 Å². The lowest BCUT2D eigenvalue weighted by Gasteiger charge is -2.40. The Labute approximate surface area is 113 Å². The van der Waals surface area contributed by atoms with Crippen molar-refractivity contribution in [2.75, 3.05) is 6.54 Å². The molecule has 0 aliphatic heterocycles. The molecule has 2 atom stereocenters. The van der Waals surface area contributed by atoms with Crippen LogP contribution >= 0.6 is 0 Å². The number of nitrogens with zero attached hydrogens (tertiary/aromatic N) is 1. The molecule has 0 saturated heterocycles. The minimum absolute atomic E-state index is 0.423. The molecule has 0 bridgehead atoms. The normalized spacial score (nSPS) is 31.2. The van der Waals surface area contributed by atoms with Gasteiger partial charge in [-0.2, -0.15) is 0 Å². The smallest absolute Gasteiger partial charge is 0.0250 e. The summed E-state index contributed by atoms with van der Waals surface area (Å²) in [4.78, 5) is 2.81. The van der Waals surface area contributed by atoms with Crippen molar-refractivity contribution in [1.82, 2.24) is 4.90 Å². The average Bonchev–Trinajstić information content (AvgIpc) is 2.76. The highest BCUT2D eigenvalue weighted by molar-refractivity contribution is 4.90. The zero-order valence-electron chi connectivity index (χ0n) is 12.4. The molecule has 18 heavy (non-hydrogen) atoms. The van der Waals surface area contributed by atoms with E-state index in [-0.39, 0.29) is 0 Å². The maximum atomic E-state index is 6.48. The van der Waals surface area contributed by atoms with Gasteiger partial charge in [0, 0.05) is 24.7 Å². The predicted octanol–water partition coefficient (Wildman–Crippen LogP) is 3.55. The van der Waals surface area contributed by atoms with Gasteiger partial charge in [0.15, 0.2) is 0 Å². The monoisotopic (exact) mass is 252 g/mol. The van der Waals surface area contributed by atoms with E-state index in [0.29, 0.717) is 12.1 Å². The first-order valence-electron chi connectivity index (χ1n) is 8.20. The molecule has 106 valence electrons. The Balaban J connectivity index is 2.04. The van der Waals surface area contributed by atoms with E-state index < -0.39 is 0 Å². The van der Waals surface area contributed by atoms with Crippen LogP contribution < -0.4 is 5.73 Å². The van der Waals surface area contributed by atoms with Gasteiger partial charge in [-0.05, 0) is 31.6 Å². The Hall–Kier alpha value is -0.0800. The van der Waals surface area contributed by atoms with Gasteiger partial charge in [0.2, 0.25) is 0 Å². The van der Waals surface area contributed by atoms with Crippen LogP contribution in [0.25, 0.3) is 0 Å². The fourth-order valence-corrected chi connectivity index (χ4v) is 3.94. The Kier molecular flexibility index (Phi) is 5.50. The molecule has 0 heterocycles. The van der Waals surface area contributed by atoms with E-state index in [4.69, 9.17) is 5.73 Å². The number of hydrogen-bond acceptors (Lipinski definition) is 2. The van der Waals surface area contributed by atoms with E-state index >= 15 is 0 Å². The van der Waals surface area contributed by atoms with Crippen molar-refractivity contribution >= 4 is 0 Å². The second kappa shape index (κ2) is 6.91. The van der Waals surface area contributed by atoms with Gasteiger partial charge in [-0.25, -0.2) is 0 Å². The van der Waals surface area contributed by atoms with Crippen LogP contribution in [0.15, 0.2) is 0 Å². The lowest BCUT2D eigenvalue weighted by Crippen LogP contribution is -2.52. The van der Waals surface area contributed by atoms with Crippen LogP contribution in [0.1, 0.15) is 71.6 Å². The predicted molar refractivity (Wildman–Crippen MR) is 78.6 cm³/mol. The largest absolute Gasteiger partial charge is 0.326 e. The van der Waals surface area contributed by atoms with E-state index in [2.05, 4.69) is 18.7 Å². The summed E-state index contributed by atoms with van der Waals surface area (Å²) in [5.74, 6) is 0.765. The highest BCUT2D eigenvalue weighted by Crippen LogP contribution is 2.30. The summed E-state index contributed by atoms with van der Waals surface area (Å²) in [6.07, 6.45) is 12.4. The van der Waals surface area contributed by atoms with Crippen molar-refractivity contribution in [3.05, 3.63) is 0 Å². The van der Waals surface area contributed by atoms with Crippen LogP contribution in [0.5, 0.6) is 0 Å². The number of hydrogen-bond donors (Lipinski definition) is 1. The maximum Gasteiger partial charge on any atom is 0.0250 e. The van der Waals surface area contributed by atoms with Crippen molar-refractivity contribution in [2.24, 2.45) is 11.7 Å². The van der Waals surface area contributed by atoms with E-state index in [1.807, 2.05) is 0 Å². The third-order valence-electron chi connectivity index (χ3n) is 4.83. The molecule has 2 aliphatic carbocycles. The second-order valence-electron chi connectivity index (χ2n) is 6.90. The standard InChI is InChI=1S/C16H32N2/c1-13(2)12-18(14-8-6-7-9-14)16-11-5-3-4-10-15(16)17/h13-16H,3-12,17H2,1-2H3. The molecular weight excluding hydrogens is 220 g/mol. The summed E-state index contributed by atoms with van der Waals surface area (Å²) in [5, 5.41) is 0. The van der Waals surface area contributed by atoms with Crippen LogP contribution in [0.3, 0.4) is 0 Å². The molecule has 0 radical (unpaired) electrons. The van der Waals surface area contributed by atoms with Gasteiger partial charge in [0.25, 0.3) is 0 Å². The first kappa shape index (κ1) is 14.3. The van der Waals surface area contributed by atoms with E-state index in [1.54, 1.807) is 0 Å². The molecule has 0 amide bonds. The van der Waals surface area contributed by atoms with Crippen LogP contribution in [-0.2, 0) is 0 Å². The molecule has 2 aliphatic rings. The average molecular weight is 252 g/mol. The zero-order valence-corrected chi connectivity index (χ0v) is 12.4. The fourth-order valence-electron chi connectivity index (χ4n) is 3.94. The van der Waals surface area contributed by atoms with Gasteiger partial charge in [-0.15, -0.1) is 0 Å². The Morgan fingerprint density at radius 1 is 0.944 bits per heavy atom. The fraction of sp³-hybridized carbons (Fsp3) is 1.00. The first-order valence-corrected chi connectivity index (χ1v) is 8.20. The maximum absolute atomic E-state index is 6.48. The van der Waals surface area contributed by atoms with Crippen LogP contribution in [0.4, 0.5) is 0 Å². The van der Waals surface area contributed by atoms with Crippen molar-refractivity contribution in [3.63, 3.8) is 0 Å². The van der Waals surface area contributed by atoms with Gasteiger partial charge in [-0.3, -0.25) is 4.90 Å². The molecule has 0 spiro atoms. The van der Waals surface area contributed by atoms with E-state index in [0.717, 1.165) is 12.0 Å². The molecule has 2 fully saturated rings. The molecule has 2 nitrogen and oxygen atoms in total. The lowest BCUT2D eigenvalue weighted by molar-refractivity contribution is 0.0955. The summed E-state index contributed by atoms with van der Waals surface area (Å²) in [6.45, 7) is 5.96. The molecule has 0 aromatic carbocycles. The van der Waals surface area contributed by atoms with Gasteiger partial charge in [0.1, 0.15) is 0 Å². The van der Waals surface area contributed by atoms with Gasteiger partial charge < -0.3 is 5.73 Å². The van der Waals surface area contributed by atoms with Gasteiger partial charge in [0.05, 0.1) is 0 Å². The third kappa shape index (κ3) is 3.71. The summed E-state index contributed by atoms with van der Waals surface area (Å²) >= 11 is 0. The SMILES string of the molecule is CC(C)CN(C1CCCC1)C1CCCCCC1N. The molecule has 0 aromatic heterocycles. The molecule has 2 unspecified atom stereocenters. The second-order valence-corrected chi connectivity index (χ2v) is 6.90. The van der Waals surface area contributed by atoms with Crippen molar-refractivity contribution in [1.29, 1.82) is 0 Å². The van der Waals surface area contributed by atoms with Crippen LogP contribution in [0, 0.1) is 5.92 Å². The highest BCUT2D eigenvalue weighted by Gasteiger charge is 2.32. The molecule has 0 aromatic rings. The highest BCUT2D eigenvalue weighted by atomic mass is 15.2. The minimum Gasteiger partial charge on any atom is -0.326 e. The number of nitrogens with two attached hydrogens (primary N) is 1. The zero-order chi connectivity index (χ0) is 13.0. The quantitative estimate of drug-likeness (QED) is 0.775. The van der Waals surface area contributed by atoms with Crippen molar-refractivity contribution in [2.45, 2.75) is 89.8 Å². The van der Waals surface area contributed by atoms with E-state index in [9.17, 15) is 0 Å². The Morgan fingerprint density at radius 3 is 2.22 bits per heavy atom. The first-order chi connectivity index (χ1) is 8.68. The summed E-state index contributed by atoms with van der Waals surface area (Å²) in [6, 6.07) is 1.92. The van der Waals surface area contributed by atoms with Gasteiger partial charge in [-0.1, -0.05) is 46.0 Å². The molecule has 2 saturated carbocycles. The lowest BCUT2D eigenvalue weighted by atomic mass is 9.98. The summed E-state index contributed by atoms with van der Waals surface area (Å²) in [5.41, 5.74) is 6.48. The molecule has 2 rings (SSSR count). The summed E-state index contributed by atoms with van der Waals surface area (Å²) in [7, 11) is 0. The Morgan fingerprint density at radius 2 is 1.56 bits per heavy atom. The summed E-state index contributed by atoms with van der Waals surface area (Å²) < 4.78 is 0. The number of rotatable bonds is 4. The topological polar surface area (TPSA) is 29.3 Å². The molecule has 2 N–H and O–H groups in total. The van der Waals surface area contributed by atoms with Crippen molar-refractivity contribution < 1.29 is 0 Å². The molecule has 2 heteroatoms. The van der Waals surface area contributed by atoms with Crippen LogP contribution in [-0.4, -0.2) is 29.6 Å². The Bertz CT molecular complexity index is 233. The van der Waals surface area contributed by atoms with Crippen molar-refractivity contribution in [3.8, 4) is 0 Å². The van der Waals surface area contributed by atoms with Gasteiger partial charge >= 0.3 is 0 Å². The third-order valence-corrected chi connectivity index (χ3v) is 4.83. The minimum atomic E-state index is 0.423.